The molecule has 0 atom stereocenters. The van der Waals surface area contributed by atoms with Gasteiger partial charge in [-0.2, -0.15) is 5.10 Å². The van der Waals surface area contributed by atoms with E-state index in [0.29, 0.717) is 11.4 Å². The van der Waals surface area contributed by atoms with Crippen molar-refractivity contribution in [3.05, 3.63) is 58.1 Å². The molecular formula is C18H18N4O6. The zero-order chi connectivity index (χ0) is 20.5. The summed E-state index contributed by atoms with van der Waals surface area (Å²) in [5.74, 6) is -0.431. The Kier molecular flexibility index (Phi) is 7.03. The fourth-order valence-corrected chi connectivity index (χ4v) is 2.11. The highest BCUT2D eigenvalue weighted by Crippen LogP contribution is 2.21. The van der Waals surface area contributed by atoms with Gasteiger partial charge in [0.1, 0.15) is 11.5 Å². The van der Waals surface area contributed by atoms with E-state index in [9.17, 15) is 24.8 Å². The highest BCUT2D eigenvalue weighted by molar-refractivity contribution is 5.93. The maximum absolute atomic E-state index is 11.9. The zero-order valence-corrected chi connectivity index (χ0v) is 14.9. The van der Waals surface area contributed by atoms with E-state index < -0.39 is 10.8 Å². The smallest absolute Gasteiger partial charge is 0.270 e. The molecule has 146 valence electrons. The van der Waals surface area contributed by atoms with Crippen molar-refractivity contribution < 1.29 is 24.4 Å². The number of hydrogen-bond acceptors (Lipinski definition) is 7. The number of hydrazone groups is 1. The van der Waals surface area contributed by atoms with Crippen molar-refractivity contribution in [2.45, 2.75) is 12.8 Å². The number of carbonyl (C=O) groups is 2. The molecule has 10 heteroatoms. The fourth-order valence-electron chi connectivity index (χ4n) is 2.11. The lowest BCUT2D eigenvalue weighted by Gasteiger charge is -2.06. The van der Waals surface area contributed by atoms with Gasteiger partial charge in [0.05, 0.1) is 18.2 Å². The Morgan fingerprint density at radius 2 is 1.86 bits per heavy atom. The highest BCUT2D eigenvalue weighted by atomic mass is 16.6. The van der Waals surface area contributed by atoms with Gasteiger partial charge in [0.2, 0.25) is 11.8 Å². The number of nitrogens with zero attached hydrogens (tertiary/aromatic N) is 2. The van der Waals surface area contributed by atoms with Gasteiger partial charge in [0.25, 0.3) is 5.69 Å². The molecule has 0 spiro atoms. The molecule has 0 fully saturated rings. The average Bonchev–Trinajstić information content (AvgIpc) is 2.68. The highest BCUT2D eigenvalue weighted by Gasteiger charge is 2.10. The summed E-state index contributed by atoms with van der Waals surface area (Å²) in [6, 6.07) is 10.2. The second kappa shape index (κ2) is 9.67. The Labute approximate surface area is 160 Å². The quantitative estimate of drug-likeness (QED) is 0.360. The second-order valence-electron chi connectivity index (χ2n) is 5.57. The predicted molar refractivity (Wildman–Crippen MR) is 101 cm³/mol. The Balaban J connectivity index is 1.80. The first kappa shape index (κ1) is 20.4. The summed E-state index contributed by atoms with van der Waals surface area (Å²) in [5, 5.41) is 26.6. The van der Waals surface area contributed by atoms with Gasteiger partial charge in [-0.25, -0.2) is 5.43 Å². The SMILES string of the molecule is COc1ccc(NC(=O)CCC(=O)NN=Cc2cc([N+](=O)[O-])ccc2O)cc1. The summed E-state index contributed by atoms with van der Waals surface area (Å²) < 4.78 is 5.02. The van der Waals surface area contributed by atoms with Crippen molar-refractivity contribution in [1.29, 1.82) is 0 Å². The van der Waals surface area contributed by atoms with Crippen LogP contribution in [0, 0.1) is 10.1 Å². The molecule has 0 heterocycles. The van der Waals surface area contributed by atoms with Crippen LogP contribution in [0.5, 0.6) is 11.5 Å². The van der Waals surface area contributed by atoms with E-state index in [1.165, 1.54) is 7.11 Å². The average molecular weight is 386 g/mol. The minimum Gasteiger partial charge on any atom is -0.507 e. The molecule has 0 saturated carbocycles. The Morgan fingerprint density at radius 1 is 1.18 bits per heavy atom. The summed E-state index contributed by atoms with van der Waals surface area (Å²) >= 11 is 0. The number of nitrogens with one attached hydrogen (secondary N) is 2. The Bertz CT molecular complexity index is 895. The number of anilines is 1. The Hall–Kier alpha value is -3.95. The van der Waals surface area contributed by atoms with Crippen LogP contribution in [0.25, 0.3) is 0 Å². The third kappa shape index (κ3) is 6.09. The molecule has 3 N–H and O–H groups in total. The zero-order valence-electron chi connectivity index (χ0n) is 14.9. The lowest BCUT2D eigenvalue weighted by atomic mass is 10.2. The van der Waals surface area contributed by atoms with Crippen molar-refractivity contribution in [1.82, 2.24) is 5.43 Å². The van der Waals surface area contributed by atoms with E-state index in [1.54, 1.807) is 24.3 Å². The van der Waals surface area contributed by atoms with Crippen LogP contribution >= 0.6 is 0 Å². The Morgan fingerprint density at radius 3 is 2.50 bits per heavy atom. The van der Waals surface area contributed by atoms with Crippen molar-refractivity contribution in [3.63, 3.8) is 0 Å². The second-order valence-corrected chi connectivity index (χ2v) is 5.57. The van der Waals surface area contributed by atoms with E-state index >= 15 is 0 Å². The van der Waals surface area contributed by atoms with E-state index in [-0.39, 0.29) is 35.7 Å². The minimum absolute atomic E-state index is 0.0601. The van der Waals surface area contributed by atoms with Crippen LogP contribution < -0.4 is 15.5 Å². The summed E-state index contributed by atoms with van der Waals surface area (Å²) in [6.45, 7) is 0. The molecule has 0 radical (unpaired) electrons. The number of phenols is 1. The lowest BCUT2D eigenvalue weighted by molar-refractivity contribution is -0.384. The van der Waals surface area contributed by atoms with Gasteiger partial charge in [-0.3, -0.25) is 19.7 Å². The third-order valence-corrected chi connectivity index (χ3v) is 3.57. The number of nitro benzene ring substituents is 1. The summed E-state index contributed by atoms with van der Waals surface area (Å²) in [7, 11) is 1.54. The summed E-state index contributed by atoms with van der Waals surface area (Å²) in [5.41, 5.74) is 2.62. The number of nitro groups is 1. The first-order chi connectivity index (χ1) is 13.4. The number of methoxy groups -OCH3 is 1. The summed E-state index contributed by atoms with van der Waals surface area (Å²) in [4.78, 5) is 33.7. The van der Waals surface area contributed by atoms with Crippen LogP contribution in [-0.2, 0) is 9.59 Å². The normalized spacial score (nSPS) is 10.5. The molecule has 10 nitrogen and oxygen atoms in total. The van der Waals surface area contributed by atoms with Crippen molar-refractivity contribution >= 4 is 29.4 Å². The number of rotatable bonds is 8. The first-order valence-electron chi connectivity index (χ1n) is 8.12. The molecule has 0 unspecified atom stereocenters. The number of aromatic hydroxyl groups is 1. The molecule has 0 aliphatic rings. The molecule has 2 aromatic carbocycles. The number of amides is 2. The van der Waals surface area contributed by atoms with Gasteiger partial charge >= 0.3 is 0 Å². The van der Waals surface area contributed by atoms with E-state index in [4.69, 9.17) is 4.74 Å². The molecule has 0 aliphatic heterocycles. The van der Waals surface area contributed by atoms with Crippen LogP contribution in [0.15, 0.2) is 47.6 Å². The number of non-ortho nitro benzene ring substituents is 1. The van der Waals surface area contributed by atoms with Gasteiger partial charge in [-0.05, 0) is 30.3 Å². The van der Waals surface area contributed by atoms with Gasteiger partial charge in [-0.15, -0.1) is 0 Å². The molecule has 2 rings (SSSR count). The molecule has 2 aromatic rings. The third-order valence-electron chi connectivity index (χ3n) is 3.57. The fraction of sp³-hybridized carbons (Fsp3) is 0.167. The van der Waals surface area contributed by atoms with Gasteiger partial charge in [0, 0.05) is 36.2 Å². The van der Waals surface area contributed by atoms with Crippen LogP contribution in [0.1, 0.15) is 18.4 Å². The minimum atomic E-state index is -0.614. The van der Waals surface area contributed by atoms with E-state index in [2.05, 4.69) is 15.8 Å². The molecular weight excluding hydrogens is 368 g/mol. The van der Waals surface area contributed by atoms with Crippen molar-refractivity contribution in [2.24, 2.45) is 5.10 Å². The van der Waals surface area contributed by atoms with Crippen molar-refractivity contribution in [3.8, 4) is 11.5 Å². The number of phenolic OH excluding ortho intramolecular Hbond substituents is 1. The van der Waals surface area contributed by atoms with E-state index in [1.807, 2.05) is 0 Å². The number of hydrogen-bond donors (Lipinski definition) is 3. The molecule has 28 heavy (non-hydrogen) atoms. The van der Waals surface area contributed by atoms with Crippen LogP contribution in [-0.4, -0.2) is 35.2 Å². The van der Waals surface area contributed by atoms with Crippen LogP contribution in [0.3, 0.4) is 0 Å². The topological polar surface area (TPSA) is 143 Å². The number of carbonyl (C=O) groups excluding carboxylic acids is 2. The molecule has 0 bridgehead atoms. The standard InChI is InChI=1S/C18H18N4O6/c1-28-15-5-2-13(3-6-15)20-17(24)8-9-18(25)21-19-11-12-10-14(22(26)27)4-7-16(12)23/h2-7,10-11,23H,8-9H2,1H3,(H,20,24)(H,21,25). The van der Waals surface area contributed by atoms with Gasteiger partial charge in [-0.1, -0.05) is 0 Å². The predicted octanol–water partition coefficient (Wildman–Crippen LogP) is 2.18. The molecule has 2 amide bonds. The number of benzene rings is 2. The number of ether oxygens (including phenoxy) is 1. The largest absolute Gasteiger partial charge is 0.507 e. The first-order valence-corrected chi connectivity index (χ1v) is 8.12. The van der Waals surface area contributed by atoms with Crippen LogP contribution in [0.2, 0.25) is 0 Å². The van der Waals surface area contributed by atoms with Gasteiger partial charge in [0.15, 0.2) is 0 Å². The van der Waals surface area contributed by atoms with Crippen molar-refractivity contribution in [2.75, 3.05) is 12.4 Å². The van der Waals surface area contributed by atoms with E-state index in [0.717, 1.165) is 24.4 Å². The van der Waals surface area contributed by atoms with Crippen LogP contribution in [0.4, 0.5) is 11.4 Å². The molecule has 0 aliphatic carbocycles. The monoisotopic (exact) mass is 386 g/mol. The van der Waals surface area contributed by atoms with Gasteiger partial charge < -0.3 is 15.2 Å². The maximum atomic E-state index is 11.9. The molecule has 0 aromatic heterocycles. The molecule has 0 saturated heterocycles. The summed E-state index contributed by atoms with van der Waals surface area (Å²) in [6.07, 6.45) is 0.910. The maximum Gasteiger partial charge on any atom is 0.270 e. The lowest BCUT2D eigenvalue weighted by Crippen LogP contribution is -2.20.